The summed E-state index contributed by atoms with van der Waals surface area (Å²) in [5.74, 6) is 0.0457. The molecule has 3 rings (SSSR count). The number of thiophene rings is 1. The van der Waals surface area contributed by atoms with Gasteiger partial charge < -0.3 is 15.7 Å². The number of aliphatic hydroxyl groups is 1. The summed E-state index contributed by atoms with van der Waals surface area (Å²) in [7, 11) is 0. The first-order valence-electron chi connectivity index (χ1n) is 8.36. The number of nitrogens with zero attached hydrogens (tertiary/aromatic N) is 3. The molecule has 0 unspecified atom stereocenters. The second kappa shape index (κ2) is 7.76. The lowest BCUT2D eigenvalue weighted by Gasteiger charge is -2.14. The summed E-state index contributed by atoms with van der Waals surface area (Å²) in [6, 6.07) is 7.52. The number of hydrogen-bond acceptors (Lipinski definition) is 7. The van der Waals surface area contributed by atoms with Crippen molar-refractivity contribution in [1.82, 2.24) is 20.3 Å². The van der Waals surface area contributed by atoms with Gasteiger partial charge in [0.1, 0.15) is 0 Å². The minimum absolute atomic E-state index is 0.109. The number of hydrogen-bond donors (Lipinski definition) is 3. The third-order valence-electron chi connectivity index (χ3n) is 3.74. The molecule has 0 fully saturated rings. The van der Waals surface area contributed by atoms with E-state index in [-0.39, 0.29) is 18.5 Å². The SMILES string of the molecule is Cc1cc2nc(N[C@@H](C)c3ccccn3)nc(C(=O)NC[C@@H](C)O)c2s1. The predicted molar refractivity (Wildman–Crippen MR) is 102 cm³/mol. The second-order valence-corrected chi connectivity index (χ2v) is 7.40. The highest BCUT2D eigenvalue weighted by Gasteiger charge is 2.18. The molecule has 0 saturated carbocycles. The molecule has 3 N–H and O–H groups in total. The maximum atomic E-state index is 12.5. The first-order valence-corrected chi connectivity index (χ1v) is 9.17. The number of fused-ring (bicyclic) bond motifs is 1. The standard InChI is InChI=1S/C18H21N5O2S/c1-10(24)9-20-17(25)15-16-14(8-11(2)26-16)22-18(23-15)21-12(3)13-6-4-5-7-19-13/h4-8,10,12,24H,9H2,1-3H3,(H,20,25)(H,21,22,23)/t10-,12+/m1/s1. The minimum atomic E-state index is -0.622. The summed E-state index contributed by atoms with van der Waals surface area (Å²) >= 11 is 1.48. The van der Waals surface area contributed by atoms with Gasteiger partial charge in [-0.1, -0.05) is 6.07 Å². The van der Waals surface area contributed by atoms with Gasteiger partial charge in [0.2, 0.25) is 5.95 Å². The first kappa shape index (κ1) is 18.2. The summed E-state index contributed by atoms with van der Waals surface area (Å²) in [6.07, 6.45) is 1.11. The second-order valence-electron chi connectivity index (χ2n) is 6.15. The van der Waals surface area contributed by atoms with Crippen LogP contribution < -0.4 is 10.6 Å². The maximum absolute atomic E-state index is 12.5. The van der Waals surface area contributed by atoms with Crippen LogP contribution in [0.2, 0.25) is 0 Å². The quantitative estimate of drug-likeness (QED) is 0.616. The number of aliphatic hydroxyl groups excluding tert-OH is 1. The highest BCUT2D eigenvalue weighted by atomic mass is 32.1. The van der Waals surface area contributed by atoms with Gasteiger partial charge in [0, 0.05) is 17.6 Å². The molecule has 0 aliphatic carbocycles. The topological polar surface area (TPSA) is 100 Å². The van der Waals surface area contributed by atoms with Crippen LogP contribution in [0, 0.1) is 6.92 Å². The fourth-order valence-electron chi connectivity index (χ4n) is 2.49. The zero-order chi connectivity index (χ0) is 18.7. The van der Waals surface area contributed by atoms with E-state index in [1.54, 1.807) is 13.1 Å². The Balaban J connectivity index is 1.92. The Bertz CT molecular complexity index is 911. The third kappa shape index (κ3) is 4.14. The van der Waals surface area contributed by atoms with Crippen LogP contribution in [0.1, 0.15) is 40.9 Å². The van der Waals surface area contributed by atoms with Gasteiger partial charge >= 0.3 is 0 Å². The van der Waals surface area contributed by atoms with E-state index in [4.69, 9.17) is 0 Å². The number of pyridine rings is 1. The molecular weight excluding hydrogens is 350 g/mol. The molecule has 8 heteroatoms. The number of carbonyl (C=O) groups excluding carboxylic acids is 1. The third-order valence-corrected chi connectivity index (χ3v) is 4.79. The molecular formula is C18H21N5O2S. The predicted octanol–water partition coefficient (Wildman–Crippen LogP) is 2.68. The van der Waals surface area contributed by atoms with Crippen LogP contribution >= 0.6 is 11.3 Å². The highest BCUT2D eigenvalue weighted by molar-refractivity contribution is 7.19. The molecule has 0 spiro atoms. The lowest BCUT2D eigenvalue weighted by Crippen LogP contribution is -2.31. The molecule has 3 heterocycles. The van der Waals surface area contributed by atoms with E-state index in [1.807, 2.05) is 38.1 Å². The van der Waals surface area contributed by atoms with Crippen molar-refractivity contribution >= 4 is 33.4 Å². The molecule has 0 radical (unpaired) electrons. The van der Waals surface area contributed by atoms with Crippen molar-refractivity contribution in [2.45, 2.75) is 32.9 Å². The maximum Gasteiger partial charge on any atom is 0.271 e. The smallest absolute Gasteiger partial charge is 0.271 e. The van der Waals surface area contributed by atoms with E-state index in [9.17, 15) is 9.90 Å². The van der Waals surface area contributed by atoms with Crippen molar-refractivity contribution in [3.8, 4) is 0 Å². The largest absolute Gasteiger partial charge is 0.392 e. The molecule has 0 saturated heterocycles. The van der Waals surface area contributed by atoms with Crippen LogP contribution in [0.5, 0.6) is 0 Å². The van der Waals surface area contributed by atoms with Crippen LogP contribution in [-0.2, 0) is 0 Å². The monoisotopic (exact) mass is 371 g/mol. The summed E-state index contributed by atoms with van der Waals surface area (Å²) in [4.78, 5) is 26.9. The number of aromatic nitrogens is 3. The van der Waals surface area contributed by atoms with Crippen molar-refractivity contribution in [3.63, 3.8) is 0 Å². The minimum Gasteiger partial charge on any atom is -0.392 e. The van der Waals surface area contributed by atoms with Crippen LogP contribution in [0.25, 0.3) is 10.2 Å². The number of nitrogens with one attached hydrogen (secondary N) is 2. The number of rotatable bonds is 6. The van der Waals surface area contributed by atoms with Crippen LogP contribution in [0.4, 0.5) is 5.95 Å². The van der Waals surface area contributed by atoms with E-state index in [1.165, 1.54) is 11.3 Å². The molecule has 2 atom stereocenters. The molecule has 0 bridgehead atoms. The van der Waals surface area contributed by atoms with Crippen LogP contribution in [-0.4, -0.2) is 38.6 Å². The lowest BCUT2D eigenvalue weighted by molar-refractivity contribution is 0.0921. The van der Waals surface area contributed by atoms with Gasteiger partial charge in [0.25, 0.3) is 5.91 Å². The molecule has 3 aromatic rings. The van der Waals surface area contributed by atoms with Crippen molar-refractivity contribution in [3.05, 3.63) is 46.7 Å². The lowest BCUT2D eigenvalue weighted by atomic mass is 10.2. The zero-order valence-electron chi connectivity index (χ0n) is 14.9. The number of amides is 1. The van der Waals surface area contributed by atoms with Gasteiger partial charge in [-0.3, -0.25) is 9.78 Å². The van der Waals surface area contributed by atoms with Gasteiger partial charge in [-0.25, -0.2) is 9.97 Å². The van der Waals surface area contributed by atoms with Crippen LogP contribution in [0.3, 0.4) is 0 Å². The number of aryl methyl sites for hydroxylation is 1. The van der Waals surface area contributed by atoms with Gasteiger partial charge in [-0.05, 0) is 39.0 Å². The first-order chi connectivity index (χ1) is 12.4. The Morgan fingerprint density at radius 1 is 1.31 bits per heavy atom. The molecule has 0 aliphatic rings. The van der Waals surface area contributed by atoms with E-state index >= 15 is 0 Å². The summed E-state index contributed by atoms with van der Waals surface area (Å²) < 4.78 is 0.738. The van der Waals surface area contributed by atoms with E-state index in [2.05, 4.69) is 25.6 Å². The Morgan fingerprint density at radius 2 is 2.12 bits per heavy atom. The number of anilines is 1. The van der Waals surface area contributed by atoms with Crippen molar-refractivity contribution in [2.75, 3.05) is 11.9 Å². The normalized spacial score (nSPS) is 13.4. The van der Waals surface area contributed by atoms with Crippen LogP contribution in [0.15, 0.2) is 30.5 Å². The fourth-order valence-corrected chi connectivity index (χ4v) is 3.43. The molecule has 0 aromatic carbocycles. The van der Waals surface area contributed by atoms with Crippen molar-refractivity contribution in [2.24, 2.45) is 0 Å². The van der Waals surface area contributed by atoms with Crippen molar-refractivity contribution in [1.29, 1.82) is 0 Å². The average Bonchev–Trinajstić information content (AvgIpc) is 2.99. The van der Waals surface area contributed by atoms with Gasteiger partial charge in [-0.15, -0.1) is 11.3 Å². The zero-order valence-corrected chi connectivity index (χ0v) is 15.7. The molecule has 26 heavy (non-hydrogen) atoms. The van der Waals surface area contributed by atoms with E-state index < -0.39 is 6.10 Å². The van der Waals surface area contributed by atoms with Crippen molar-refractivity contribution < 1.29 is 9.90 Å². The summed E-state index contributed by atoms with van der Waals surface area (Å²) in [5.41, 5.74) is 1.89. The number of carbonyl (C=O) groups is 1. The Kier molecular flexibility index (Phi) is 5.43. The molecule has 3 aromatic heterocycles. The Labute approximate surface area is 155 Å². The molecule has 1 amide bonds. The van der Waals surface area contributed by atoms with E-state index in [0.717, 1.165) is 20.8 Å². The molecule has 0 aliphatic heterocycles. The van der Waals surface area contributed by atoms with Gasteiger partial charge in [0.15, 0.2) is 5.69 Å². The summed E-state index contributed by atoms with van der Waals surface area (Å²) in [5, 5.41) is 15.3. The highest BCUT2D eigenvalue weighted by Crippen LogP contribution is 2.28. The Morgan fingerprint density at radius 3 is 2.81 bits per heavy atom. The molecule has 136 valence electrons. The Hall–Kier alpha value is -2.58. The fraction of sp³-hybridized carbons (Fsp3) is 0.333. The van der Waals surface area contributed by atoms with Gasteiger partial charge in [0.05, 0.1) is 28.1 Å². The molecule has 7 nitrogen and oxygen atoms in total. The van der Waals surface area contributed by atoms with Gasteiger partial charge in [-0.2, -0.15) is 0 Å². The summed E-state index contributed by atoms with van der Waals surface area (Å²) in [6.45, 7) is 5.71. The average molecular weight is 371 g/mol. The van der Waals surface area contributed by atoms with E-state index in [0.29, 0.717) is 11.6 Å².